The van der Waals surface area contributed by atoms with Gasteiger partial charge in [-0.1, -0.05) is 48.1 Å². The van der Waals surface area contributed by atoms with Gasteiger partial charge in [0.2, 0.25) is 11.0 Å². The smallest absolute Gasteiger partial charge is 0.259 e. The van der Waals surface area contributed by atoms with Gasteiger partial charge in [-0.05, 0) is 37.3 Å². The van der Waals surface area contributed by atoms with Gasteiger partial charge in [0, 0.05) is 18.7 Å². The fourth-order valence-corrected chi connectivity index (χ4v) is 4.02. The van der Waals surface area contributed by atoms with E-state index < -0.39 is 0 Å². The fraction of sp³-hybridized carbons (Fsp3) is 0.333. The van der Waals surface area contributed by atoms with Crippen molar-refractivity contribution in [2.75, 3.05) is 5.32 Å². The highest BCUT2D eigenvalue weighted by Crippen LogP contribution is 2.23. The monoisotopic (exact) mass is 394 g/mol. The zero-order valence-corrected chi connectivity index (χ0v) is 16.3. The summed E-state index contributed by atoms with van der Waals surface area (Å²) in [7, 11) is 0. The van der Waals surface area contributed by atoms with Crippen LogP contribution >= 0.6 is 11.3 Å². The van der Waals surface area contributed by atoms with Crippen molar-refractivity contribution in [3.8, 4) is 5.88 Å². The Labute approximate surface area is 168 Å². The molecule has 0 unspecified atom stereocenters. The molecule has 1 fully saturated rings. The van der Waals surface area contributed by atoms with Gasteiger partial charge in [-0.25, -0.2) is 4.98 Å². The van der Waals surface area contributed by atoms with Gasteiger partial charge in [-0.2, -0.15) is 0 Å². The Kier molecular flexibility index (Phi) is 5.92. The summed E-state index contributed by atoms with van der Waals surface area (Å²) in [6.45, 7) is 0. The van der Waals surface area contributed by atoms with E-state index in [9.17, 15) is 4.79 Å². The van der Waals surface area contributed by atoms with Crippen molar-refractivity contribution < 1.29 is 9.53 Å². The molecule has 1 N–H and O–H groups in total. The SMILES string of the molecule is O=C(Nc1nnc(Cc2ccccc2)s1)c1ccc(OC2CCCCC2)nc1. The van der Waals surface area contributed by atoms with E-state index in [-0.39, 0.29) is 12.0 Å². The molecule has 1 saturated carbocycles. The van der Waals surface area contributed by atoms with Crippen LogP contribution in [0.25, 0.3) is 0 Å². The molecule has 0 atom stereocenters. The topological polar surface area (TPSA) is 77.0 Å². The second-order valence-corrected chi connectivity index (χ2v) is 7.94. The molecule has 0 bridgehead atoms. The van der Waals surface area contributed by atoms with E-state index in [2.05, 4.69) is 20.5 Å². The number of carbonyl (C=O) groups excluding carboxylic acids is 1. The van der Waals surface area contributed by atoms with Crippen molar-refractivity contribution >= 4 is 22.4 Å². The Hall–Kier alpha value is -2.80. The lowest BCUT2D eigenvalue weighted by atomic mass is 9.98. The van der Waals surface area contributed by atoms with Crippen LogP contribution in [-0.2, 0) is 6.42 Å². The van der Waals surface area contributed by atoms with E-state index in [1.807, 2.05) is 30.3 Å². The number of aromatic nitrogens is 3. The summed E-state index contributed by atoms with van der Waals surface area (Å²) in [5, 5.41) is 12.4. The summed E-state index contributed by atoms with van der Waals surface area (Å²) < 4.78 is 5.91. The lowest BCUT2D eigenvalue weighted by Crippen LogP contribution is -2.20. The van der Waals surface area contributed by atoms with Crippen LogP contribution in [0.2, 0.25) is 0 Å². The highest BCUT2D eigenvalue weighted by atomic mass is 32.1. The van der Waals surface area contributed by atoms with E-state index in [0.717, 1.165) is 23.4 Å². The molecule has 2 aromatic heterocycles. The number of rotatable bonds is 6. The molecule has 0 saturated heterocycles. The van der Waals surface area contributed by atoms with Crippen LogP contribution in [0.4, 0.5) is 5.13 Å². The van der Waals surface area contributed by atoms with Gasteiger partial charge < -0.3 is 4.74 Å². The molecule has 2 heterocycles. The molecule has 0 aliphatic heterocycles. The maximum Gasteiger partial charge on any atom is 0.259 e. The third kappa shape index (κ3) is 4.92. The molecule has 1 aliphatic rings. The van der Waals surface area contributed by atoms with Gasteiger partial charge in [0.05, 0.1) is 5.56 Å². The Bertz CT molecular complexity index is 906. The standard InChI is InChI=1S/C21H22N4O2S/c26-20(16-11-12-18(22-14-16)27-17-9-5-2-6-10-17)23-21-25-24-19(28-21)13-15-7-3-1-4-8-15/h1,3-4,7-8,11-12,14,17H,2,5-6,9-10,13H2,(H,23,25,26). The number of pyridine rings is 1. The Morgan fingerprint density at radius 1 is 1.07 bits per heavy atom. The Balaban J connectivity index is 1.33. The van der Waals surface area contributed by atoms with Gasteiger partial charge in [0.1, 0.15) is 11.1 Å². The normalized spacial score (nSPS) is 14.6. The van der Waals surface area contributed by atoms with E-state index in [1.165, 1.54) is 30.6 Å². The highest BCUT2D eigenvalue weighted by Gasteiger charge is 2.16. The molecular weight excluding hydrogens is 372 g/mol. The third-order valence-corrected chi connectivity index (χ3v) is 5.56. The number of nitrogens with one attached hydrogen (secondary N) is 1. The van der Waals surface area contributed by atoms with Crippen LogP contribution in [0.1, 0.15) is 53.0 Å². The predicted octanol–water partition coefficient (Wildman–Crippen LogP) is 4.49. The van der Waals surface area contributed by atoms with Crippen molar-refractivity contribution in [3.05, 3.63) is 64.8 Å². The van der Waals surface area contributed by atoms with Crippen LogP contribution in [0.5, 0.6) is 5.88 Å². The molecule has 0 spiro atoms. The van der Waals surface area contributed by atoms with Crippen molar-refractivity contribution in [2.45, 2.75) is 44.6 Å². The molecule has 4 rings (SSSR count). The van der Waals surface area contributed by atoms with E-state index in [4.69, 9.17) is 4.74 Å². The number of hydrogen-bond donors (Lipinski definition) is 1. The number of carbonyl (C=O) groups is 1. The second kappa shape index (κ2) is 8.93. The minimum Gasteiger partial charge on any atom is -0.474 e. The molecule has 1 amide bonds. The summed E-state index contributed by atoms with van der Waals surface area (Å²) in [5.74, 6) is 0.323. The van der Waals surface area contributed by atoms with Gasteiger partial charge in [-0.3, -0.25) is 10.1 Å². The average molecular weight is 395 g/mol. The molecule has 28 heavy (non-hydrogen) atoms. The Morgan fingerprint density at radius 3 is 2.64 bits per heavy atom. The molecule has 7 heteroatoms. The van der Waals surface area contributed by atoms with Crippen molar-refractivity contribution in [2.24, 2.45) is 0 Å². The molecule has 1 aliphatic carbocycles. The molecule has 3 aromatic rings. The lowest BCUT2D eigenvalue weighted by Gasteiger charge is -2.22. The number of anilines is 1. The van der Waals surface area contributed by atoms with Crippen LogP contribution in [0.3, 0.4) is 0 Å². The van der Waals surface area contributed by atoms with Crippen LogP contribution in [0, 0.1) is 0 Å². The maximum absolute atomic E-state index is 12.4. The predicted molar refractivity (Wildman–Crippen MR) is 109 cm³/mol. The molecular formula is C21H22N4O2S. The zero-order valence-electron chi connectivity index (χ0n) is 15.5. The first kappa shape index (κ1) is 18.6. The van der Waals surface area contributed by atoms with E-state index in [1.54, 1.807) is 18.3 Å². The number of benzene rings is 1. The van der Waals surface area contributed by atoms with Crippen molar-refractivity contribution in [1.29, 1.82) is 0 Å². The summed E-state index contributed by atoms with van der Waals surface area (Å²) in [4.78, 5) is 16.7. The summed E-state index contributed by atoms with van der Waals surface area (Å²) in [5.41, 5.74) is 1.63. The summed E-state index contributed by atoms with van der Waals surface area (Å²) in [6, 6.07) is 13.5. The van der Waals surface area contributed by atoms with E-state index in [0.29, 0.717) is 23.0 Å². The fourth-order valence-electron chi connectivity index (χ4n) is 3.25. The average Bonchev–Trinajstić information content (AvgIpc) is 3.17. The summed E-state index contributed by atoms with van der Waals surface area (Å²) >= 11 is 1.38. The molecule has 6 nitrogen and oxygen atoms in total. The van der Waals surface area contributed by atoms with Gasteiger partial charge in [0.25, 0.3) is 5.91 Å². The highest BCUT2D eigenvalue weighted by molar-refractivity contribution is 7.15. The largest absolute Gasteiger partial charge is 0.474 e. The minimum absolute atomic E-state index is 0.241. The first-order valence-corrected chi connectivity index (χ1v) is 10.4. The van der Waals surface area contributed by atoms with Gasteiger partial charge >= 0.3 is 0 Å². The minimum atomic E-state index is -0.251. The molecule has 1 aromatic carbocycles. The third-order valence-electron chi connectivity index (χ3n) is 4.72. The number of nitrogens with zero attached hydrogens (tertiary/aromatic N) is 3. The number of hydrogen-bond acceptors (Lipinski definition) is 6. The summed E-state index contributed by atoms with van der Waals surface area (Å²) in [6.07, 6.45) is 8.33. The Morgan fingerprint density at radius 2 is 1.89 bits per heavy atom. The van der Waals surface area contributed by atoms with Gasteiger partial charge in [0.15, 0.2) is 0 Å². The first-order valence-electron chi connectivity index (χ1n) is 9.56. The van der Waals surface area contributed by atoms with E-state index >= 15 is 0 Å². The maximum atomic E-state index is 12.4. The lowest BCUT2D eigenvalue weighted by molar-refractivity contribution is 0.102. The first-order chi connectivity index (χ1) is 13.8. The quantitative estimate of drug-likeness (QED) is 0.667. The van der Waals surface area contributed by atoms with Crippen LogP contribution in [0.15, 0.2) is 48.7 Å². The molecule has 0 radical (unpaired) electrons. The van der Waals surface area contributed by atoms with Crippen molar-refractivity contribution in [3.63, 3.8) is 0 Å². The molecule has 144 valence electrons. The number of amides is 1. The van der Waals surface area contributed by atoms with Crippen LogP contribution in [-0.4, -0.2) is 27.2 Å². The van der Waals surface area contributed by atoms with Crippen molar-refractivity contribution in [1.82, 2.24) is 15.2 Å². The van der Waals surface area contributed by atoms with Crippen LogP contribution < -0.4 is 10.1 Å². The number of ether oxygens (including phenoxy) is 1. The van der Waals surface area contributed by atoms with Gasteiger partial charge in [-0.15, -0.1) is 10.2 Å². The second-order valence-electron chi connectivity index (χ2n) is 6.88. The zero-order chi connectivity index (χ0) is 19.2.